The van der Waals surface area contributed by atoms with E-state index in [0.717, 1.165) is 18.2 Å². The van der Waals surface area contributed by atoms with Gasteiger partial charge in [-0.25, -0.2) is 4.98 Å². The maximum atomic E-state index is 5.83. The molecule has 2 nitrogen and oxygen atoms in total. The molecule has 1 fully saturated rings. The molecule has 0 spiro atoms. The van der Waals surface area contributed by atoms with Gasteiger partial charge in [-0.15, -0.1) is 0 Å². The zero-order valence-corrected chi connectivity index (χ0v) is 9.17. The molecule has 1 saturated heterocycles. The number of halogens is 1. The Morgan fingerprint density at radius 2 is 2.43 bits per heavy atom. The van der Waals surface area contributed by atoms with Crippen molar-refractivity contribution in [1.29, 1.82) is 0 Å². The van der Waals surface area contributed by atoms with E-state index < -0.39 is 0 Å². The number of pyridine rings is 1. The molecule has 3 heteroatoms. The lowest BCUT2D eigenvalue weighted by molar-refractivity contribution is 0.316. The van der Waals surface area contributed by atoms with E-state index in [1.54, 1.807) is 0 Å². The number of hydrogen-bond donors (Lipinski definition) is 0. The Hall–Kier alpha value is -0.600. The molecule has 0 bridgehead atoms. The highest BCUT2D eigenvalue weighted by Crippen LogP contribution is 2.17. The molecule has 1 atom stereocenters. The number of likely N-dealkylation sites (tertiary alicyclic amines) is 1. The van der Waals surface area contributed by atoms with Gasteiger partial charge in [0.1, 0.15) is 5.15 Å². The molecule has 76 valence electrons. The Bertz CT molecular complexity index is 314. The largest absolute Gasteiger partial charge is 0.297 e. The maximum Gasteiger partial charge on any atom is 0.129 e. The number of rotatable bonds is 2. The van der Waals surface area contributed by atoms with Gasteiger partial charge in [-0.2, -0.15) is 0 Å². The maximum absolute atomic E-state index is 5.83. The average Bonchev–Trinajstić information content (AvgIpc) is 2.51. The summed E-state index contributed by atoms with van der Waals surface area (Å²) >= 11 is 5.83. The van der Waals surface area contributed by atoms with E-state index in [4.69, 9.17) is 11.6 Å². The molecule has 0 radical (unpaired) electrons. The first-order valence-electron chi connectivity index (χ1n) is 5.08. The third-order valence-corrected chi connectivity index (χ3v) is 2.88. The fourth-order valence-electron chi connectivity index (χ4n) is 1.94. The summed E-state index contributed by atoms with van der Waals surface area (Å²) in [6.45, 7) is 5.61. The molecular formula is C11H15ClN2. The highest BCUT2D eigenvalue weighted by molar-refractivity contribution is 6.29. The first kappa shape index (κ1) is 9.94. The lowest BCUT2D eigenvalue weighted by Gasteiger charge is -2.14. The second-order valence-corrected chi connectivity index (χ2v) is 4.47. The smallest absolute Gasteiger partial charge is 0.129 e. The van der Waals surface area contributed by atoms with Crippen LogP contribution in [0.15, 0.2) is 18.2 Å². The SMILES string of the molecule is CC1CCN(Cc2cccc(Cl)n2)C1. The van der Waals surface area contributed by atoms with Gasteiger partial charge in [0.05, 0.1) is 5.69 Å². The Morgan fingerprint density at radius 1 is 1.57 bits per heavy atom. The minimum atomic E-state index is 0.592. The summed E-state index contributed by atoms with van der Waals surface area (Å²) in [5, 5.41) is 0.592. The van der Waals surface area contributed by atoms with Crippen molar-refractivity contribution in [3.63, 3.8) is 0 Å². The zero-order chi connectivity index (χ0) is 9.97. The van der Waals surface area contributed by atoms with E-state index in [9.17, 15) is 0 Å². The molecule has 0 saturated carbocycles. The summed E-state index contributed by atoms with van der Waals surface area (Å²) in [5.74, 6) is 0.828. The van der Waals surface area contributed by atoms with Gasteiger partial charge in [0, 0.05) is 13.1 Å². The fourth-order valence-corrected chi connectivity index (χ4v) is 2.12. The summed E-state index contributed by atoms with van der Waals surface area (Å²) in [6, 6.07) is 5.82. The van der Waals surface area contributed by atoms with Crippen LogP contribution in [0.1, 0.15) is 19.0 Å². The third kappa shape index (κ3) is 2.46. The fraction of sp³-hybridized carbons (Fsp3) is 0.545. The van der Waals surface area contributed by atoms with Gasteiger partial charge in [-0.1, -0.05) is 24.6 Å². The van der Waals surface area contributed by atoms with E-state index >= 15 is 0 Å². The summed E-state index contributed by atoms with van der Waals surface area (Å²) in [7, 11) is 0. The molecule has 1 aromatic rings. The van der Waals surface area contributed by atoms with Crippen LogP contribution < -0.4 is 0 Å². The first-order valence-corrected chi connectivity index (χ1v) is 5.45. The van der Waals surface area contributed by atoms with Crippen molar-refractivity contribution >= 4 is 11.6 Å². The molecule has 1 unspecified atom stereocenters. The van der Waals surface area contributed by atoms with E-state index in [2.05, 4.69) is 16.8 Å². The molecular weight excluding hydrogens is 196 g/mol. The van der Waals surface area contributed by atoms with Gasteiger partial charge in [-0.3, -0.25) is 4.90 Å². The number of nitrogens with zero attached hydrogens (tertiary/aromatic N) is 2. The van der Waals surface area contributed by atoms with Crippen LogP contribution in [-0.2, 0) is 6.54 Å². The molecule has 1 aliphatic rings. The topological polar surface area (TPSA) is 16.1 Å². The molecule has 0 aromatic carbocycles. The normalized spacial score (nSPS) is 22.9. The van der Waals surface area contributed by atoms with E-state index in [1.165, 1.54) is 19.5 Å². The highest BCUT2D eigenvalue weighted by atomic mass is 35.5. The molecule has 14 heavy (non-hydrogen) atoms. The van der Waals surface area contributed by atoms with Gasteiger partial charge in [0.15, 0.2) is 0 Å². The second kappa shape index (κ2) is 4.28. The second-order valence-electron chi connectivity index (χ2n) is 4.08. The first-order chi connectivity index (χ1) is 6.74. The van der Waals surface area contributed by atoms with Crippen LogP contribution in [0.4, 0.5) is 0 Å². The van der Waals surface area contributed by atoms with Crippen LogP contribution in [0, 0.1) is 5.92 Å². The van der Waals surface area contributed by atoms with Crippen molar-refractivity contribution in [3.8, 4) is 0 Å². The third-order valence-electron chi connectivity index (χ3n) is 2.67. The van der Waals surface area contributed by atoms with Crippen LogP contribution in [0.3, 0.4) is 0 Å². The van der Waals surface area contributed by atoms with Crippen LogP contribution in [0.25, 0.3) is 0 Å². The van der Waals surface area contributed by atoms with Crippen molar-refractivity contribution in [2.75, 3.05) is 13.1 Å². The average molecular weight is 211 g/mol. The molecule has 2 rings (SSSR count). The Morgan fingerprint density at radius 3 is 3.07 bits per heavy atom. The Labute approximate surface area is 89.9 Å². The molecule has 0 N–H and O–H groups in total. The molecule has 1 aliphatic heterocycles. The monoisotopic (exact) mass is 210 g/mol. The van der Waals surface area contributed by atoms with E-state index in [-0.39, 0.29) is 0 Å². The van der Waals surface area contributed by atoms with Crippen LogP contribution in [0.5, 0.6) is 0 Å². The summed E-state index contributed by atoms with van der Waals surface area (Å²) in [4.78, 5) is 6.72. The lowest BCUT2D eigenvalue weighted by Crippen LogP contribution is -2.20. The van der Waals surface area contributed by atoms with Crippen LogP contribution >= 0.6 is 11.6 Å². The van der Waals surface area contributed by atoms with Crippen molar-refractivity contribution in [3.05, 3.63) is 29.0 Å². The van der Waals surface area contributed by atoms with E-state index in [1.807, 2.05) is 18.2 Å². The standard InChI is InChI=1S/C11H15ClN2/c1-9-5-6-14(7-9)8-10-3-2-4-11(12)13-10/h2-4,9H,5-8H2,1H3. The molecule has 0 amide bonds. The zero-order valence-electron chi connectivity index (χ0n) is 8.41. The van der Waals surface area contributed by atoms with Gasteiger partial charge in [0.2, 0.25) is 0 Å². The molecule has 0 aliphatic carbocycles. The van der Waals surface area contributed by atoms with Gasteiger partial charge >= 0.3 is 0 Å². The quantitative estimate of drug-likeness (QED) is 0.698. The minimum absolute atomic E-state index is 0.592. The molecule has 2 heterocycles. The van der Waals surface area contributed by atoms with Crippen molar-refractivity contribution in [1.82, 2.24) is 9.88 Å². The Kier molecular flexibility index (Phi) is 3.04. The van der Waals surface area contributed by atoms with Crippen molar-refractivity contribution in [2.45, 2.75) is 19.9 Å². The highest BCUT2D eigenvalue weighted by Gasteiger charge is 2.18. The van der Waals surface area contributed by atoms with Crippen LogP contribution in [-0.4, -0.2) is 23.0 Å². The van der Waals surface area contributed by atoms with Crippen molar-refractivity contribution < 1.29 is 0 Å². The van der Waals surface area contributed by atoms with Gasteiger partial charge in [0.25, 0.3) is 0 Å². The Balaban J connectivity index is 1.97. The van der Waals surface area contributed by atoms with Crippen LogP contribution in [0.2, 0.25) is 5.15 Å². The summed E-state index contributed by atoms with van der Waals surface area (Å²) < 4.78 is 0. The van der Waals surface area contributed by atoms with E-state index in [0.29, 0.717) is 5.15 Å². The predicted octanol–water partition coefficient (Wildman–Crippen LogP) is 2.58. The molecule has 1 aromatic heterocycles. The predicted molar refractivity (Wildman–Crippen MR) is 58.3 cm³/mol. The summed E-state index contributed by atoms with van der Waals surface area (Å²) in [5.41, 5.74) is 1.08. The van der Waals surface area contributed by atoms with Crippen molar-refractivity contribution in [2.24, 2.45) is 5.92 Å². The van der Waals surface area contributed by atoms with Gasteiger partial charge < -0.3 is 0 Å². The minimum Gasteiger partial charge on any atom is -0.297 e. The number of hydrogen-bond acceptors (Lipinski definition) is 2. The number of aromatic nitrogens is 1. The van der Waals surface area contributed by atoms with Gasteiger partial charge in [-0.05, 0) is 31.0 Å². The lowest BCUT2D eigenvalue weighted by atomic mass is 10.2. The summed E-state index contributed by atoms with van der Waals surface area (Å²) in [6.07, 6.45) is 1.31.